The molecule has 2 rings (SSSR count). The van der Waals surface area contributed by atoms with Crippen LogP contribution in [0.2, 0.25) is 0 Å². The summed E-state index contributed by atoms with van der Waals surface area (Å²) in [4.78, 5) is 16.0. The molecular weight excluding hydrogens is 216 g/mol. The summed E-state index contributed by atoms with van der Waals surface area (Å²) in [6.07, 6.45) is 1.94. The van der Waals surface area contributed by atoms with Crippen molar-refractivity contribution in [2.45, 2.75) is 6.42 Å². The van der Waals surface area contributed by atoms with E-state index >= 15 is 0 Å². The molecule has 1 heterocycles. The van der Waals surface area contributed by atoms with Crippen LogP contribution in [0.5, 0.6) is 0 Å². The minimum atomic E-state index is -0.0826. The number of aliphatic hydroxyl groups excluding tert-OH is 1. The standard InChI is InChI=1S/C13H12N2O2/c1-15-9-14-12-6-5-10(4-2-3-7-16)8-11(12)13(15)17/h5-6,8-9,16H,3,7H2,1H3. The molecule has 0 amide bonds. The van der Waals surface area contributed by atoms with Gasteiger partial charge in [0.15, 0.2) is 0 Å². The molecule has 4 heteroatoms. The van der Waals surface area contributed by atoms with Gasteiger partial charge < -0.3 is 9.67 Å². The number of nitrogens with zero attached hydrogens (tertiary/aromatic N) is 2. The van der Waals surface area contributed by atoms with E-state index in [9.17, 15) is 4.79 Å². The van der Waals surface area contributed by atoms with E-state index in [1.165, 1.54) is 10.9 Å². The molecule has 0 spiro atoms. The van der Waals surface area contributed by atoms with E-state index in [1.54, 1.807) is 19.2 Å². The van der Waals surface area contributed by atoms with Gasteiger partial charge in [-0.15, -0.1) is 0 Å². The van der Waals surface area contributed by atoms with Crippen molar-refractivity contribution in [3.05, 3.63) is 40.4 Å². The van der Waals surface area contributed by atoms with E-state index in [2.05, 4.69) is 16.8 Å². The zero-order valence-corrected chi connectivity index (χ0v) is 9.47. The Morgan fingerprint density at radius 2 is 2.29 bits per heavy atom. The molecule has 2 aromatic rings. The fourth-order valence-electron chi connectivity index (χ4n) is 1.51. The molecule has 0 unspecified atom stereocenters. The zero-order valence-electron chi connectivity index (χ0n) is 9.47. The Morgan fingerprint density at radius 1 is 1.47 bits per heavy atom. The fraction of sp³-hybridized carbons (Fsp3) is 0.231. The molecule has 0 aliphatic carbocycles. The van der Waals surface area contributed by atoms with Crippen LogP contribution in [0.4, 0.5) is 0 Å². The van der Waals surface area contributed by atoms with Crippen LogP contribution in [0.1, 0.15) is 12.0 Å². The predicted octanol–water partition coefficient (Wildman–Crippen LogP) is 0.667. The molecule has 0 saturated heterocycles. The van der Waals surface area contributed by atoms with Gasteiger partial charge in [-0.25, -0.2) is 4.98 Å². The van der Waals surface area contributed by atoms with Crippen LogP contribution in [-0.4, -0.2) is 21.3 Å². The predicted molar refractivity (Wildman–Crippen MR) is 65.6 cm³/mol. The van der Waals surface area contributed by atoms with E-state index in [0.29, 0.717) is 17.3 Å². The number of aromatic nitrogens is 2. The molecule has 1 aromatic heterocycles. The summed E-state index contributed by atoms with van der Waals surface area (Å²) in [6.45, 7) is 0.0455. The van der Waals surface area contributed by atoms with Crippen LogP contribution in [0, 0.1) is 11.8 Å². The van der Waals surface area contributed by atoms with Crippen molar-refractivity contribution in [1.82, 2.24) is 9.55 Å². The minimum absolute atomic E-state index is 0.0455. The van der Waals surface area contributed by atoms with Crippen molar-refractivity contribution >= 4 is 10.9 Å². The Bertz CT molecular complexity index is 662. The Labute approximate surface area is 98.5 Å². The summed E-state index contributed by atoms with van der Waals surface area (Å²) < 4.78 is 1.44. The van der Waals surface area contributed by atoms with E-state index in [1.807, 2.05) is 6.07 Å². The summed E-state index contributed by atoms with van der Waals surface area (Å²) in [5.74, 6) is 5.72. The second kappa shape index (κ2) is 4.81. The van der Waals surface area contributed by atoms with Gasteiger partial charge in [-0.1, -0.05) is 11.8 Å². The molecule has 86 valence electrons. The second-order valence-electron chi connectivity index (χ2n) is 3.67. The molecule has 17 heavy (non-hydrogen) atoms. The molecule has 4 nitrogen and oxygen atoms in total. The lowest BCUT2D eigenvalue weighted by atomic mass is 10.1. The third-order valence-electron chi connectivity index (χ3n) is 2.39. The van der Waals surface area contributed by atoms with Gasteiger partial charge in [0.25, 0.3) is 5.56 Å². The lowest BCUT2D eigenvalue weighted by molar-refractivity contribution is 0.305. The van der Waals surface area contributed by atoms with Crippen LogP contribution in [-0.2, 0) is 7.05 Å². The molecule has 0 aliphatic rings. The number of aliphatic hydroxyl groups is 1. The fourth-order valence-corrected chi connectivity index (χ4v) is 1.51. The van der Waals surface area contributed by atoms with Crippen molar-refractivity contribution in [2.75, 3.05) is 6.61 Å². The van der Waals surface area contributed by atoms with Crippen molar-refractivity contribution < 1.29 is 5.11 Å². The van der Waals surface area contributed by atoms with Gasteiger partial charge in [0.05, 0.1) is 23.8 Å². The number of rotatable bonds is 1. The average molecular weight is 228 g/mol. The van der Waals surface area contributed by atoms with Crippen molar-refractivity contribution in [3.63, 3.8) is 0 Å². The average Bonchev–Trinajstić information content (AvgIpc) is 2.35. The van der Waals surface area contributed by atoms with Gasteiger partial charge in [0, 0.05) is 19.0 Å². The lowest BCUT2D eigenvalue weighted by Crippen LogP contribution is -2.16. The Kier molecular flexibility index (Phi) is 3.22. The Morgan fingerprint density at radius 3 is 3.06 bits per heavy atom. The molecule has 1 N–H and O–H groups in total. The first-order valence-electron chi connectivity index (χ1n) is 5.27. The third-order valence-corrected chi connectivity index (χ3v) is 2.39. The maximum atomic E-state index is 11.8. The summed E-state index contributed by atoms with van der Waals surface area (Å²) in [6, 6.07) is 5.33. The highest BCUT2D eigenvalue weighted by Crippen LogP contribution is 2.08. The van der Waals surface area contributed by atoms with Crippen LogP contribution >= 0.6 is 0 Å². The smallest absolute Gasteiger partial charge is 0.260 e. The van der Waals surface area contributed by atoms with Gasteiger partial charge in [0.1, 0.15) is 0 Å². The molecular formula is C13H12N2O2. The number of hydrogen-bond acceptors (Lipinski definition) is 3. The largest absolute Gasteiger partial charge is 0.395 e. The van der Waals surface area contributed by atoms with Gasteiger partial charge in [-0.05, 0) is 18.2 Å². The monoisotopic (exact) mass is 228 g/mol. The van der Waals surface area contributed by atoms with Crippen LogP contribution in [0.15, 0.2) is 29.3 Å². The highest BCUT2D eigenvalue weighted by atomic mass is 16.2. The van der Waals surface area contributed by atoms with E-state index in [4.69, 9.17) is 5.11 Å². The highest BCUT2D eigenvalue weighted by Gasteiger charge is 2.01. The van der Waals surface area contributed by atoms with E-state index in [0.717, 1.165) is 5.56 Å². The van der Waals surface area contributed by atoms with Gasteiger partial charge >= 0.3 is 0 Å². The first kappa shape index (κ1) is 11.4. The molecule has 1 aromatic carbocycles. The van der Waals surface area contributed by atoms with Gasteiger partial charge in [0.2, 0.25) is 0 Å². The number of fused-ring (bicyclic) bond motifs is 1. The second-order valence-corrected chi connectivity index (χ2v) is 3.67. The minimum Gasteiger partial charge on any atom is -0.395 e. The number of hydrogen-bond donors (Lipinski definition) is 1. The summed E-state index contributed by atoms with van der Waals surface area (Å²) in [7, 11) is 1.67. The van der Waals surface area contributed by atoms with E-state index < -0.39 is 0 Å². The van der Waals surface area contributed by atoms with Gasteiger partial charge in [-0.2, -0.15) is 0 Å². The quantitative estimate of drug-likeness (QED) is 0.730. The topological polar surface area (TPSA) is 55.1 Å². The number of benzene rings is 1. The molecule has 0 atom stereocenters. The SMILES string of the molecule is Cn1cnc2ccc(C#CCCO)cc2c1=O. The Balaban J connectivity index is 2.54. The van der Waals surface area contributed by atoms with Gasteiger partial charge in [-0.3, -0.25) is 4.79 Å². The molecule has 0 saturated carbocycles. The molecule has 0 aliphatic heterocycles. The summed E-state index contributed by atoms with van der Waals surface area (Å²) in [5.41, 5.74) is 1.35. The first-order chi connectivity index (χ1) is 8.22. The molecule has 0 radical (unpaired) electrons. The van der Waals surface area contributed by atoms with Crippen molar-refractivity contribution in [3.8, 4) is 11.8 Å². The van der Waals surface area contributed by atoms with Crippen molar-refractivity contribution in [2.24, 2.45) is 7.05 Å². The molecule has 0 fully saturated rings. The normalized spacial score (nSPS) is 10.0. The van der Waals surface area contributed by atoms with Crippen molar-refractivity contribution in [1.29, 1.82) is 0 Å². The zero-order chi connectivity index (χ0) is 12.3. The highest BCUT2D eigenvalue weighted by molar-refractivity contribution is 5.78. The van der Waals surface area contributed by atoms with E-state index in [-0.39, 0.29) is 12.2 Å². The number of aryl methyl sites for hydroxylation is 1. The molecule has 0 bridgehead atoms. The van der Waals surface area contributed by atoms with Crippen LogP contribution in [0.25, 0.3) is 10.9 Å². The maximum Gasteiger partial charge on any atom is 0.260 e. The third kappa shape index (κ3) is 2.35. The summed E-state index contributed by atoms with van der Waals surface area (Å²) >= 11 is 0. The summed E-state index contributed by atoms with van der Waals surface area (Å²) in [5, 5.41) is 9.19. The van der Waals surface area contributed by atoms with Crippen LogP contribution in [0.3, 0.4) is 0 Å². The Hall–Kier alpha value is -2.12. The maximum absolute atomic E-state index is 11.8. The lowest BCUT2D eigenvalue weighted by Gasteiger charge is -2.00. The van der Waals surface area contributed by atoms with Crippen LogP contribution < -0.4 is 5.56 Å². The first-order valence-corrected chi connectivity index (χ1v) is 5.27.